The van der Waals surface area contributed by atoms with Crippen LogP contribution in [0.1, 0.15) is 64.2 Å². The molecule has 0 radical (unpaired) electrons. The Hall–Kier alpha value is -0.610. The number of hydrogen-bond acceptors (Lipinski definition) is 3. The zero-order chi connectivity index (χ0) is 14.4. The van der Waals surface area contributed by atoms with Crippen molar-refractivity contribution in [3.05, 3.63) is 0 Å². The van der Waals surface area contributed by atoms with Gasteiger partial charge in [0.2, 0.25) is 5.91 Å². The molecule has 1 amide bonds. The molecule has 0 atom stereocenters. The fourth-order valence-electron chi connectivity index (χ4n) is 3.59. The molecule has 0 aliphatic heterocycles. The third-order valence-corrected chi connectivity index (χ3v) is 5.22. The van der Waals surface area contributed by atoms with Crippen LogP contribution in [0.25, 0.3) is 0 Å². The van der Waals surface area contributed by atoms with Gasteiger partial charge in [0.1, 0.15) is 0 Å². The maximum Gasteiger partial charge on any atom is 0.224 e. The summed E-state index contributed by atoms with van der Waals surface area (Å²) in [6, 6.07) is 0.437. The molecule has 0 aromatic carbocycles. The van der Waals surface area contributed by atoms with Crippen molar-refractivity contribution in [3.63, 3.8) is 0 Å². The quantitative estimate of drug-likeness (QED) is 0.751. The van der Waals surface area contributed by atoms with Gasteiger partial charge < -0.3 is 15.3 Å². The van der Waals surface area contributed by atoms with Gasteiger partial charge in [0.25, 0.3) is 0 Å². The summed E-state index contributed by atoms with van der Waals surface area (Å²) in [7, 11) is 2.00. The summed E-state index contributed by atoms with van der Waals surface area (Å²) in [5.74, 6) is 0.291. The van der Waals surface area contributed by atoms with Crippen molar-refractivity contribution in [3.8, 4) is 0 Å². The van der Waals surface area contributed by atoms with E-state index in [1.165, 1.54) is 25.7 Å². The van der Waals surface area contributed by atoms with Gasteiger partial charge in [-0.1, -0.05) is 19.3 Å². The van der Waals surface area contributed by atoms with Crippen LogP contribution in [0.2, 0.25) is 0 Å². The van der Waals surface area contributed by atoms with E-state index in [1.807, 2.05) is 11.9 Å². The third-order valence-electron chi connectivity index (χ3n) is 5.22. The number of rotatable bonds is 7. The molecule has 116 valence electrons. The van der Waals surface area contributed by atoms with Gasteiger partial charge in [-0.25, -0.2) is 0 Å². The second-order valence-electron chi connectivity index (χ2n) is 6.52. The van der Waals surface area contributed by atoms with Gasteiger partial charge >= 0.3 is 0 Å². The molecule has 0 aromatic heterocycles. The van der Waals surface area contributed by atoms with E-state index in [2.05, 4.69) is 5.32 Å². The maximum atomic E-state index is 12.7. The molecule has 4 nitrogen and oxygen atoms in total. The SMILES string of the molecule is CNC1(CC(=O)N(CCCO)C2CCC2)CCCCC1. The minimum atomic E-state index is 0.0244. The van der Waals surface area contributed by atoms with E-state index in [4.69, 9.17) is 5.11 Å². The van der Waals surface area contributed by atoms with Crippen LogP contribution in [0.5, 0.6) is 0 Å². The second kappa shape index (κ2) is 7.41. The normalized spacial score (nSPS) is 22.3. The molecule has 20 heavy (non-hydrogen) atoms. The van der Waals surface area contributed by atoms with Crippen molar-refractivity contribution in [2.75, 3.05) is 20.2 Å². The molecule has 4 heteroatoms. The van der Waals surface area contributed by atoms with Crippen molar-refractivity contribution >= 4 is 5.91 Å². The monoisotopic (exact) mass is 282 g/mol. The Kier molecular flexibility index (Phi) is 5.85. The number of carbonyl (C=O) groups is 1. The van der Waals surface area contributed by atoms with Crippen molar-refractivity contribution < 1.29 is 9.90 Å². The molecule has 2 saturated carbocycles. The average molecular weight is 282 g/mol. The van der Waals surface area contributed by atoms with Crippen molar-refractivity contribution in [2.45, 2.75) is 75.8 Å². The lowest BCUT2D eigenvalue weighted by Gasteiger charge is -2.42. The van der Waals surface area contributed by atoms with Gasteiger partial charge in [-0.15, -0.1) is 0 Å². The van der Waals surface area contributed by atoms with E-state index in [9.17, 15) is 4.79 Å². The molecular weight excluding hydrogens is 252 g/mol. The Morgan fingerprint density at radius 1 is 1.25 bits per heavy atom. The van der Waals surface area contributed by atoms with E-state index in [0.29, 0.717) is 24.8 Å². The van der Waals surface area contributed by atoms with E-state index < -0.39 is 0 Å². The minimum Gasteiger partial charge on any atom is -0.396 e. The summed E-state index contributed by atoms with van der Waals surface area (Å²) in [6.07, 6.45) is 10.9. The van der Waals surface area contributed by atoms with E-state index in [1.54, 1.807) is 0 Å². The molecule has 2 N–H and O–H groups in total. The smallest absolute Gasteiger partial charge is 0.224 e. The van der Waals surface area contributed by atoms with Crippen LogP contribution in [0.3, 0.4) is 0 Å². The number of nitrogens with one attached hydrogen (secondary N) is 1. The number of aliphatic hydroxyl groups excluding tert-OH is 1. The second-order valence-corrected chi connectivity index (χ2v) is 6.52. The van der Waals surface area contributed by atoms with E-state index in [-0.39, 0.29) is 12.1 Å². The molecule has 2 rings (SSSR count). The highest BCUT2D eigenvalue weighted by Crippen LogP contribution is 2.33. The third kappa shape index (κ3) is 3.73. The van der Waals surface area contributed by atoms with Crippen LogP contribution in [0.4, 0.5) is 0 Å². The standard InChI is InChI=1S/C16H30N2O2/c1-17-16(9-3-2-4-10-16)13-15(20)18(11-6-12-19)14-7-5-8-14/h14,17,19H,2-13H2,1H3. The Morgan fingerprint density at radius 2 is 1.95 bits per heavy atom. The van der Waals surface area contributed by atoms with Gasteiger partial charge in [-0.2, -0.15) is 0 Å². The van der Waals surface area contributed by atoms with Crippen LogP contribution in [-0.2, 0) is 4.79 Å². The lowest BCUT2D eigenvalue weighted by molar-refractivity contribution is -0.137. The molecular formula is C16H30N2O2. The number of aliphatic hydroxyl groups is 1. The molecule has 0 spiro atoms. The molecule has 0 heterocycles. The number of amides is 1. The first-order valence-electron chi connectivity index (χ1n) is 8.30. The fraction of sp³-hybridized carbons (Fsp3) is 0.938. The first kappa shape index (κ1) is 15.8. The summed E-state index contributed by atoms with van der Waals surface area (Å²) >= 11 is 0. The Bertz CT molecular complexity index is 310. The highest BCUT2D eigenvalue weighted by molar-refractivity contribution is 5.78. The Labute approximate surface area is 122 Å². The molecule has 0 saturated heterocycles. The molecule has 2 aliphatic carbocycles. The van der Waals surface area contributed by atoms with E-state index >= 15 is 0 Å². The minimum absolute atomic E-state index is 0.0244. The summed E-state index contributed by atoms with van der Waals surface area (Å²) in [4.78, 5) is 14.8. The molecule has 2 fully saturated rings. The maximum absolute atomic E-state index is 12.7. The lowest BCUT2D eigenvalue weighted by atomic mass is 9.78. The lowest BCUT2D eigenvalue weighted by Crippen LogP contribution is -2.52. The molecule has 0 unspecified atom stereocenters. The van der Waals surface area contributed by atoms with Crippen molar-refractivity contribution in [1.82, 2.24) is 10.2 Å². The Morgan fingerprint density at radius 3 is 2.45 bits per heavy atom. The largest absolute Gasteiger partial charge is 0.396 e. The van der Waals surface area contributed by atoms with Gasteiger partial charge in [-0.05, 0) is 45.6 Å². The molecule has 0 aromatic rings. The summed E-state index contributed by atoms with van der Waals surface area (Å²) in [5.41, 5.74) is 0.0244. The number of carbonyl (C=O) groups excluding carboxylic acids is 1. The zero-order valence-electron chi connectivity index (χ0n) is 12.9. The van der Waals surface area contributed by atoms with Crippen LogP contribution < -0.4 is 5.32 Å². The van der Waals surface area contributed by atoms with Crippen LogP contribution >= 0.6 is 0 Å². The van der Waals surface area contributed by atoms with Gasteiger partial charge in [0, 0.05) is 31.2 Å². The van der Waals surface area contributed by atoms with Gasteiger partial charge in [0.15, 0.2) is 0 Å². The summed E-state index contributed by atoms with van der Waals surface area (Å²) < 4.78 is 0. The first-order valence-corrected chi connectivity index (χ1v) is 8.30. The highest BCUT2D eigenvalue weighted by Gasteiger charge is 2.36. The number of nitrogens with zero attached hydrogens (tertiary/aromatic N) is 1. The van der Waals surface area contributed by atoms with Crippen molar-refractivity contribution in [1.29, 1.82) is 0 Å². The van der Waals surface area contributed by atoms with E-state index in [0.717, 1.165) is 32.2 Å². The van der Waals surface area contributed by atoms with Gasteiger partial charge in [0.05, 0.1) is 0 Å². The molecule has 2 aliphatic rings. The highest BCUT2D eigenvalue weighted by atomic mass is 16.3. The predicted octanol–water partition coefficient (Wildman–Crippen LogP) is 2.06. The van der Waals surface area contributed by atoms with Crippen LogP contribution in [0.15, 0.2) is 0 Å². The van der Waals surface area contributed by atoms with Gasteiger partial charge in [-0.3, -0.25) is 4.79 Å². The first-order chi connectivity index (χ1) is 9.71. The average Bonchev–Trinajstić information content (AvgIpc) is 2.42. The topological polar surface area (TPSA) is 52.6 Å². The Balaban J connectivity index is 1.95. The predicted molar refractivity (Wildman–Crippen MR) is 80.5 cm³/mol. The number of hydrogen-bond donors (Lipinski definition) is 2. The molecule has 0 bridgehead atoms. The summed E-state index contributed by atoms with van der Waals surface area (Å²) in [5, 5.41) is 12.5. The van der Waals surface area contributed by atoms with Crippen LogP contribution in [0, 0.1) is 0 Å². The zero-order valence-corrected chi connectivity index (χ0v) is 12.9. The van der Waals surface area contributed by atoms with Crippen LogP contribution in [-0.4, -0.2) is 47.7 Å². The fourth-order valence-corrected chi connectivity index (χ4v) is 3.59. The summed E-state index contributed by atoms with van der Waals surface area (Å²) in [6.45, 7) is 0.896. The van der Waals surface area contributed by atoms with Crippen molar-refractivity contribution in [2.24, 2.45) is 0 Å².